The van der Waals surface area contributed by atoms with Gasteiger partial charge in [-0.3, -0.25) is 4.79 Å². The molecule has 6 nitrogen and oxygen atoms in total. The number of hydrogen-bond donors (Lipinski definition) is 1. The van der Waals surface area contributed by atoms with Crippen LogP contribution in [-0.4, -0.2) is 39.0 Å². The number of halogens is 1. The molecule has 1 aromatic carbocycles. The maximum atomic E-state index is 11.5. The molecule has 7 heteroatoms. The minimum atomic E-state index is -0.210. The summed E-state index contributed by atoms with van der Waals surface area (Å²) in [5.41, 5.74) is 0.679. The smallest absolute Gasteiger partial charge is 0.260 e. The average molecular weight is 343 g/mol. The average Bonchev–Trinajstić information content (AvgIpc) is 2.51. The first-order valence-corrected chi connectivity index (χ1v) is 7.78. The molecule has 0 radical (unpaired) electrons. The molecule has 1 rings (SSSR count). The zero-order valence-electron chi connectivity index (χ0n) is 13.9. The van der Waals surface area contributed by atoms with E-state index in [9.17, 15) is 4.79 Å². The molecule has 0 unspecified atom stereocenters. The van der Waals surface area contributed by atoms with E-state index in [2.05, 4.69) is 10.5 Å². The summed E-state index contributed by atoms with van der Waals surface area (Å²) < 4.78 is 10.7. The lowest BCUT2D eigenvalue weighted by Crippen LogP contribution is -2.30. The largest absolute Gasteiger partial charge is 0.493 e. The van der Waals surface area contributed by atoms with Crippen molar-refractivity contribution in [1.29, 1.82) is 0 Å². The molecule has 0 fully saturated rings. The Morgan fingerprint density at radius 2 is 2.17 bits per heavy atom. The van der Waals surface area contributed by atoms with Gasteiger partial charge in [-0.15, -0.1) is 0 Å². The minimum absolute atomic E-state index is 0.134. The summed E-state index contributed by atoms with van der Waals surface area (Å²) >= 11 is 6.15. The van der Waals surface area contributed by atoms with Crippen LogP contribution in [0, 0.1) is 5.92 Å². The summed E-state index contributed by atoms with van der Waals surface area (Å²) in [4.78, 5) is 16.4. The number of methoxy groups -OCH3 is 1. The fraction of sp³-hybridized carbons (Fsp3) is 0.500. The van der Waals surface area contributed by atoms with Crippen molar-refractivity contribution in [3.8, 4) is 11.5 Å². The van der Waals surface area contributed by atoms with Crippen LogP contribution in [0.3, 0.4) is 0 Å². The highest BCUT2D eigenvalue weighted by atomic mass is 35.5. The van der Waals surface area contributed by atoms with E-state index in [-0.39, 0.29) is 12.5 Å². The highest BCUT2D eigenvalue weighted by Crippen LogP contribution is 2.35. The van der Waals surface area contributed by atoms with Gasteiger partial charge in [0.05, 0.1) is 25.0 Å². The predicted molar refractivity (Wildman–Crippen MR) is 90.6 cm³/mol. The lowest BCUT2D eigenvalue weighted by Gasteiger charge is -2.11. The number of carbonyl (C=O) groups excluding carboxylic acids is 1. The van der Waals surface area contributed by atoms with E-state index >= 15 is 0 Å². The molecule has 1 amide bonds. The Balaban J connectivity index is 2.60. The van der Waals surface area contributed by atoms with E-state index in [4.69, 9.17) is 25.9 Å². The van der Waals surface area contributed by atoms with Gasteiger partial charge in [0.25, 0.3) is 5.91 Å². The fourth-order valence-corrected chi connectivity index (χ4v) is 1.94. The van der Waals surface area contributed by atoms with Crippen LogP contribution in [0.4, 0.5) is 0 Å². The first kappa shape index (κ1) is 19.1. The number of benzene rings is 1. The lowest BCUT2D eigenvalue weighted by molar-refractivity contribution is -0.125. The summed E-state index contributed by atoms with van der Waals surface area (Å²) in [7, 11) is 1.53. The first-order chi connectivity index (χ1) is 11.0. The number of nitrogens with one attached hydrogen (secondary N) is 1. The topological polar surface area (TPSA) is 69.2 Å². The van der Waals surface area contributed by atoms with E-state index in [1.54, 1.807) is 12.1 Å². The van der Waals surface area contributed by atoms with Crippen molar-refractivity contribution in [1.82, 2.24) is 5.32 Å². The van der Waals surface area contributed by atoms with Crippen molar-refractivity contribution in [2.75, 3.05) is 26.9 Å². The van der Waals surface area contributed by atoms with Gasteiger partial charge in [0.15, 0.2) is 18.1 Å². The van der Waals surface area contributed by atoms with Gasteiger partial charge < -0.3 is 19.6 Å². The van der Waals surface area contributed by atoms with Crippen LogP contribution in [0.1, 0.15) is 26.3 Å². The fourth-order valence-electron chi connectivity index (χ4n) is 1.66. The van der Waals surface area contributed by atoms with Gasteiger partial charge >= 0.3 is 0 Å². The monoisotopic (exact) mass is 342 g/mol. The van der Waals surface area contributed by atoms with Crippen molar-refractivity contribution in [2.45, 2.75) is 20.8 Å². The van der Waals surface area contributed by atoms with Crippen molar-refractivity contribution in [3.05, 3.63) is 22.7 Å². The molecule has 0 aliphatic carbocycles. The van der Waals surface area contributed by atoms with Gasteiger partial charge in [-0.05, 0) is 25.0 Å². The van der Waals surface area contributed by atoms with E-state index in [1.165, 1.54) is 13.3 Å². The zero-order valence-corrected chi connectivity index (χ0v) is 14.6. The van der Waals surface area contributed by atoms with Crippen molar-refractivity contribution in [3.63, 3.8) is 0 Å². The molecule has 0 saturated heterocycles. The highest BCUT2D eigenvalue weighted by molar-refractivity contribution is 6.32. The number of nitrogens with zero attached hydrogens (tertiary/aromatic N) is 1. The molecule has 23 heavy (non-hydrogen) atoms. The minimum Gasteiger partial charge on any atom is -0.493 e. The second kappa shape index (κ2) is 9.94. The van der Waals surface area contributed by atoms with E-state index < -0.39 is 0 Å². The molecule has 128 valence electrons. The number of carbonyl (C=O) groups is 1. The molecular weight excluding hydrogens is 320 g/mol. The van der Waals surface area contributed by atoms with Gasteiger partial charge in [-0.2, -0.15) is 0 Å². The SMILES string of the molecule is CCOc1c(Cl)cc(/C=N\OCC(=O)NCC(C)C)cc1OC. The number of hydrogen-bond acceptors (Lipinski definition) is 5. The van der Waals surface area contributed by atoms with Crippen molar-refractivity contribution >= 4 is 23.7 Å². The molecule has 0 heterocycles. The molecule has 1 aromatic rings. The third-order valence-corrected chi connectivity index (χ3v) is 3.00. The van der Waals surface area contributed by atoms with Crippen LogP contribution >= 0.6 is 11.6 Å². The third-order valence-electron chi connectivity index (χ3n) is 2.72. The summed E-state index contributed by atoms with van der Waals surface area (Å²) in [5, 5.41) is 6.91. The molecule has 0 spiro atoms. The molecular formula is C16H23ClN2O4. The maximum absolute atomic E-state index is 11.5. The van der Waals surface area contributed by atoms with Crippen LogP contribution in [0.25, 0.3) is 0 Å². The molecule has 0 atom stereocenters. The Kier molecular flexibility index (Phi) is 8.26. The Bertz CT molecular complexity index is 547. The van der Waals surface area contributed by atoms with Crippen LogP contribution in [0.2, 0.25) is 5.02 Å². The number of rotatable bonds is 9. The second-order valence-electron chi connectivity index (χ2n) is 5.17. The van der Waals surface area contributed by atoms with Crippen molar-refractivity contribution < 1.29 is 19.1 Å². The van der Waals surface area contributed by atoms with Gasteiger partial charge in [-0.1, -0.05) is 30.6 Å². The van der Waals surface area contributed by atoms with Crippen LogP contribution in [0.5, 0.6) is 11.5 Å². The number of oxime groups is 1. The van der Waals surface area contributed by atoms with Crippen molar-refractivity contribution in [2.24, 2.45) is 11.1 Å². The maximum Gasteiger partial charge on any atom is 0.260 e. The molecule has 0 aromatic heterocycles. The third kappa shape index (κ3) is 6.78. The summed E-state index contributed by atoms with van der Waals surface area (Å²) in [6, 6.07) is 3.41. The normalized spacial score (nSPS) is 10.9. The highest BCUT2D eigenvalue weighted by Gasteiger charge is 2.11. The van der Waals surface area contributed by atoms with Gasteiger partial charge in [0.1, 0.15) is 0 Å². The van der Waals surface area contributed by atoms with E-state index in [1.807, 2.05) is 20.8 Å². The van der Waals surface area contributed by atoms with Crippen LogP contribution in [0.15, 0.2) is 17.3 Å². The zero-order chi connectivity index (χ0) is 17.2. The van der Waals surface area contributed by atoms with E-state index in [0.29, 0.717) is 41.2 Å². The molecule has 0 saturated carbocycles. The summed E-state index contributed by atoms with van der Waals surface area (Å²) in [6.07, 6.45) is 1.46. The Morgan fingerprint density at radius 3 is 2.78 bits per heavy atom. The molecule has 0 aliphatic heterocycles. The molecule has 0 bridgehead atoms. The van der Waals surface area contributed by atoms with Gasteiger partial charge in [0.2, 0.25) is 0 Å². The molecule has 1 N–H and O–H groups in total. The van der Waals surface area contributed by atoms with Crippen LogP contribution < -0.4 is 14.8 Å². The predicted octanol–water partition coefficient (Wildman–Crippen LogP) is 2.87. The number of ether oxygens (including phenoxy) is 2. The quantitative estimate of drug-likeness (QED) is 0.553. The summed E-state index contributed by atoms with van der Waals surface area (Å²) in [5.74, 6) is 1.18. The van der Waals surface area contributed by atoms with Gasteiger partial charge in [0, 0.05) is 12.1 Å². The van der Waals surface area contributed by atoms with Crippen LogP contribution in [-0.2, 0) is 9.63 Å². The summed E-state index contributed by atoms with van der Waals surface area (Å²) in [6.45, 7) is 6.86. The number of amides is 1. The van der Waals surface area contributed by atoms with Gasteiger partial charge in [-0.25, -0.2) is 0 Å². The Hall–Kier alpha value is -1.95. The standard InChI is InChI=1S/C16H23ClN2O4/c1-5-22-16-13(17)6-12(7-14(16)21-4)9-19-23-10-15(20)18-8-11(2)3/h6-7,9,11H,5,8,10H2,1-4H3,(H,18,20)/b19-9-. The Labute approximate surface area is 141 Å². The van der Waals surface area contributed by atoms with E-state index in [0.717, 1.165) is 0 Å². The molecule has 0 aliphatic rings. The first-order valence-electron chi connectivity index (χ1n) is 7.40. The Morgan fingerprint density at radius 1 is 1.43 bits per heavy atom. The lowest BCUT2D eigenvalue weighted by atomic mass is 10.2. The second-order valence-corrected chi connectivity index (χ2v) is 5.58.